The van der Waals surface area contributed by atoms with Crippen LogP contribution in [-0.2, 0) is 10.0 Å². The van der Waals surface area contributed by atoms with E-state index in [-0.39, 0.29) is 10.6 Å². The van der Waals surface area contributed by atoms with Gasteiger partial charge in [0.1, 0.15) is 4.90 Å². The van der Waals surface area contributed by atoms with E-state index in [0.29, 0.717) is 10.9 Å². The Morgan fingerprint density at radius 2 is 1.87 bits per heavy atom. The van der Waals surface area contributed by atoms with Gasteiger partial charge in [-0.05, 0) is 6.07 Å². The van der Waals surface area contributed by atoms with Gasteiger partial charge in [0.2, 0.25) is 10.0 Å². The zero-order valence-corrected chi connectivity index (χ0v) is 8.53. The van der Waals surface area contributed by atoms with E-state index in [1.54, 1.807) is 24.3 Å². The Kier molecular flexibility index (Phi) is 2.09. The Morgan fingerprint density at radius 1 is 1.20 bits per heavy atom. The Bertz CT molecular complexity index is 622. The lowest BCUT2D eigenvalue weighted by Crippen LogP contribution is -2.14. The second kappa shape index (κ2) is 3.18. The Balaban J connectivity index is 2.88. The third-order valence-electron chi connectivity index (χ3n) is 2.09. The minimum absolute atomic E-state index is 0.138. The molecular weight excluding hydrogens is 214 g/mol. The fraction of sp³-hybridized carbons (Fsp3) is 0. The maximum absolute atomic E-state index is 11.2. The number of aromatic nitrogens is 1. The van der Waals surface area contributed by atoms with Crippen LogP contribution in [0.1, 0.15) is 0 Å². The summed E-state index contributed by atoms with van der Waals surface area (Å²) in [6.07, 6.45) is 1.17. The van der Waals surface area contributed by atoms with Crippen molar-refractivity contribution in [2.24, 2.45) is 5.14 Å². The lowest BCUT2D eigenvalue weighted by Gasteiger charge is -2.05. The number of anilines is 1. The number of primary sulfonamides is 1. The van der Waals surface area contributed by atoms with Crippen LogP contribution in [0.4, 0.5) is 5.69 Å². The fourth-order valence-electron chi connectivity index (χ4n) is 1.37. The summed E-state index contributed by atoms with van der Waals surface area (Å²) in [6.45, 7) is 0. The summed E-state index contributed by atoms with van der Waals surface area (Å²) in [7, 11) is -3.81. The number of pyridine rings is 1. The highest BCUT2D eigenvalue weighted by atomic mass is 32.2. The van der Waals surface area contributed by atoms with Gasteiger partial charge in [-0.15, -0.1) is 0 Å². The number of sulfonamides is 1. The summed E-state index contributed by atoms with van der Waals surface area (Å²) < 4.78 is 22.3. The predicted molar refractivity (Wildman–Crippen MR) is 57.5 cm³/mol. The molecule has 2 aromatic rings. The average Bonchev–Trinajstić information content (AvgIpc) is 2.16. The molecule has 0 fully saturated rings. The van der Waals surface area contributed by atoms with Gasteiger partial charge >= 0.3 is 0 Å². The van der Waals surface area contributed by atoms with Crippen molar-refractivity contribution >= 4 is 26.6 Å². The fourth-order valence-corrected chi connectivity index (χ4v) is 1.99. The first-order valence-electron chi connectivity index (χ1n) is 4.16. The quantitative estimate of drug-likeness (QED) is 0.733. The van der Waals surface area contributed by atoms with E-state index in [4.69, 9.17) is 10.9 Å². The first-order valence-corrected chi connectivity index (χ1v) is 5.71. The first kappa shape index (κ1) is 9.88. The summed E-state index contributed by atoms with van der Waals surface area (Å²) in [4.78, 5) is 3.83. The van der Waals surface area contributed by atoms with Crippen LogP contribution < -0.4 is 10.9 Å². The lowest BCUT2D eigenvalue weighted by molar-refractivity contribution is 0.598. The van der Waals surface area contributed by atoms with E-state index in [1.807, 2.05) is 0 Å². The Labute approximate surface area is 86.8 Å². The van der Waals surface area contributed by atoms with E-state index in [2.05, 4.69) is 4.98 Å². The highest BCUT2D eigenvalue weighted by molar-refractivity contribution is 7.89. The molecule has 0 saturated heterocycles. The third-order valence-corrected chi connectivity index (χ3v) is 3.03. The third kappa shape index (κ3) is 1.64. The van der Waals surface area contributed by atoms with Gasteiger partial charge < -0.3 is 5.73 Å². The maximum Gasteiger partial charge on any atom is 0.241 e. The molecule has 0 spiro atoms. The van der Waals surface area contributed by atoms with Crippen LogP contribution in [0.5, 0.6) is 0 Å². The first-order chi connectivity index (χ1) is 7.00. The molecule has 1 aromatic carbocycles. The van der Waals surface area contributed by atoms with Gasteiger partial charge in [0.15, 0.2) is 0 Å². The SMILES string of the molecule is Nc1c(S(N)(=O)=O)cnc2ccccc12. The van der Waals surface area contributed by atoms with E-state index in [9.17, 15) is 8.42 Å². The van der Waals surface area contributed by atoms with Crippen LogP contribution in [0.25, 0.3) is 10.9 Å². The number of benzene rings is 1. The molecule has 5 nitrogen and oxygen atoms in total. The van der Waals surface area contributed by atoms with Crippen molar-refractivity contribution in [3.8, 4) is 0 Å². The molecule has 0 aliphatic rings. The number of rotatable bonds is 1. The van der Waals surface area contributed by atoms with Crippen molar-refractivity contribution in [1.82, 2.24) is 4.98 Å². The molecule has 1 aromatic heterocycles. The highest BCUT2D eigenvalue weighted by Crippen LogP contribution is 2.24. The second-order valence-corrected chi connectivity index (χ2v) is 4.63. The molecule has 6 heteroatoms. The molecule has 0 atom stereocenters. The summed E-state index contributed by atoms with van der Waals surface area (Å²) in [5.74, 6) is 0. The summed E-state index contributed by atoms with van der Waals surface area (Å²) >= 11 is 0. The smallest absolute Gasteiger partial charge is 0.241 e. The standard InChI is InChI=1S/C9H9N3O2S/c10-9-6-3-1-2-4-7(6)12-5-8(9)15(11,13)14/h1-5H,(H2,10,12)(H2,11,13,14). The van der Waals surface area contributed by atoms with Gasteiger partial charge in [0, 0.05) is 11.6 Å². The number of para-hydroxylation sites is 1. The zero-order chi connectivity index (χ0) is 11.1. The van der Waals surface area contributed by atoms with Gasteiger partial charge in [-0.25, -0.2) is 13.6 Å². The predicted octanol–water partition coefficient (Wildman–Crippen LogP) is 0.464. The molecule has 1 heterocycles. The van der Waals surface area contributed by atoms with Crippen molar-refractivity contribution < 1.29 is 8.42 Å². The summed E-state index contributed by atoms with van der Waals surface area (Å²) in [5.41, 5.74) is 6.49. The molecule has 4 N–H and O–H groups in total. The Morgan fingerprint density at radius 3 is 2.53 bits per heavy atom. The highest BCUT2D eigenvalue weighted by Gasteiger charge is 2.14. The second-order valence-electron chi connectivity index (χ2n) is 3.10. The van der Waals surface area contributed by atoms with Crippen LogP contribution in [0.15, 0.2) is 35.4 Å². The molecular formula is C9H9N3O2S. The van der Waals surface area contributed by atoms with Gasteiger partial charge in [-0.3, -0.25) is 4.98 Å². The minimum atomic E-state index is -3.81. The van der Waals surface area contributed by atoms with E-state index >= 15 is 0 Å². The van der Waals surface area contributed by atoms with Crippen LogP contribution in [0, 0.1) is 0 Å². The van der Waals surface area contributed by atoms with Crippen molar-refractivity contribution in [1.29, 1.82) is 0 Å². The topological polar surface area (TPSA) is 99.1 Å². The summed E-state index contributed by atoms with van der Waals surface area (Å²) in [5, 5.41) is 5.59. The number of hydrogen-bond acceptors (Lipinski definition) is 4. The largest absolute Gasteiger partial charge is 0.397 e. The lowest BCUT2D eigenvalue weighted by atomic mass is 10.2. The molecule has 0 aliphatic heterocycles. The number of hydrogen-bond donors (Lipinski definition) is 2. The van der Waals surface area contributed by atoms with Crippen LogP contribution in [0.3, 0.4) is 0 Å². The molecule has 0 radical (unpaired) electrons. The van der Waals surface area contributed by atoms with Gasteiger partial charge in [0.05, 0.1) is 11.2 Å². The number of nitrogens with zero attached hydrogens (tertiary/aromatic N) is 1. The van der Waals surface area contributed by atoms with Crippen LogP contribution in [0.2, 0.25) is 0 Å². The molecule has 0 amide bonds. The monoisotopic (exact) mass is 223 g/mol. The van der Waals surface area contributed by atoms with Crippen molar-refractivity contribution in [2.45, 2.75) is 4.90 Å². The zero-order valence-electron chi connectivity index (χ0n) is 7.71. The van der Waals surface area contributed by atoms with E-state index < -0.39 is 10.0 Å². The normalized spacial score (nSPS) is 11.8. The van der Waals surface area contributed by atoms with Gasteiger partial charge in [-0.1, -0.05) is 18.2 Å². The molecule has 0 saturated carbocycles. The number of fused-ring (bicyclic) bond motifs is 1. The molecule has 78 valence electrons. The molecule has 0 unspecified atom stereocenters. The van der Waals surface area contributed by atoms with E-state index in [0.717, 1.165) is 0 Å². The molecule has 15 heavy (non-hydrogen) atoms. The molecule has 0 bridgehead atoms. The van der Waals surface area contributed by atoms with Crippen molar-refractivity contribution in [2.75, 3.05) is 5.73 Å². The Hall–Kier alpha value is -1.66. The average molecular weight is 223 g/mol. The maximum atomic E-state index is 11.2. The number of nitrogens with two attached hydrogens (primary N) is 2. The van der Waals surface area contributed by atoms with Gasteiger partial charge in [0.25, 0.3) is 0 Å². The number of nitrogen functional groups attached to an aromatic ring is 1. The van der Waals surface area contributed by atoms with Crippen molar-refractivity contribution in [3.63, 3.8) is 0 Å². The van der Waals surface area contributed by atoms with E-state index in [1.165, 1.54) is 6.20 Å². The van der Waals surface area contributed by atoms with Gasteiger partial charge in [-0.2, -0.15) is 0 Å². The van der Waals surface area contributed by atoms with Crippen LogP contribution in [-0.4, -0.2) is 13.4 Å². The minimum Gasteiger partial charge on any atom is -0.397 e. The van der Waals surface area contributed by atoms with Crippen LogP contribution >= 0.6 is 0 Å². The summed E-state index contributed by atoms with van der Waals surface area (Å²) in [6, 6.07) is 7.00. The van der Waals surface area contributed by atoms with Crippen molar-refractivity contribution in [3.05, 3.63) is 30.5 Å². The molecule has 0 aliphatic carbocycles. The molecule has 2 rings (SSSR count).